The second-order valence-corrected chi connectivity index (χ2v) is 7.34. The Morgan fingerprint density at radius 2 is 2.14 bits per heavy atom. The van der Waals surface area contributed by atoms with Gasteiger partial charge in [0.05, 0.1) is 5.69 Å². The van der Waals surface area contributed by atoms with Crippen LogP contribution in [0.5, 0.6) is 0 Å². The van der Waals surface area contributed by atoms with Crippen LogP contribution in [0.1, 0.15) is 69.6 Å². The van der Waals surface area contributed by atoms with Crippen molar-refractivity contribution in [1.82, 2.24) is 14.9 Å². The van der Waals surface area contributed by atoms with E-state index < -0.39 is 5.60 Å². The van der Waals surface area contributed by atoms with Gasteiger partial charge in [-0.1, -0.05) is 6.92 Å². The van der Waals surface area contributed by atoms with Crippen molar-refractivity contribution < 1.29 is 9.53 Å². The van der Waals surface area contributed by atoms with Crippen molar-refractivity contribution >= 4 is 6.09 Å². The Balaban J connectivity index is 1.65. The van der Waals surface area contributed by atoms with E-state index in [0.29, 0.717) is 18.4 Å². The quantitative estimate of drug-likeness (QED) is 0.864. The molecule has 1 aromatic heterocycles. The summed E-state index contributed by atoms with van der Waals surface area (Å²) >= 11 is 0. The maximum absolute atomic E-state index is 12.1. The number of imidazole rings is 1. The molecule has 2 atom stereocenters. The Bertz CT molecular complexity index is 544. The Morgan fingerprint density at radius 3 is 2.81 bits per heavy atom. The highest BCUT2D eigenvalue weighted by Gasteiger charge is 2.33. The normalized spacial score (nSPS) is 25.2. The SMILES string of the molecule is CC1CCc2[nH]c(C3CCN(C(=O)OC(C)(C)C)C3)nc21. The van der Waals surface area contributed by atoms with Crippen LogP contribution < -0.4 is 0 Å². The molecule has 21 heavy (non-hydrogen) atoms. The summed E-state index contributed by atoms with van der Waals surface area (Å²) in [6.07, 6.45) is 3.05. The van der Waals surface area contributed by atoms with Crippen LogP contribution in [0.25, 0.3) is 0 Å². The van der Waals surface area contributed by atoms with Crippen LogP contribution in [0.2, 0.25) is 0 Å². The number of H-pyrrole nitrogens is 1. The summed E-state index contributed by atoms with van der Waals surface area (Å²) in [6.45, 7) is 9.39. The van der Waals surface area contributed by atoms with Crippen molar-refractivity contribution in [2.45, 2.75) is 64.4 Å². The van der Waals surface area contributed by atoms with Crippen molar-refractivity contribution in [2.75, 3.05) is 13.1 Å². The van der Waals surface area contributed by atoms with Crippen LogP contribution in [-0.2, 0) is 11.2 Å². The number of nitrogens with zero attached hydrogens (tertiary/aromatic N) is 2. The highest BCUT2D eigenvalue weighted by molar-refractivity contribution is 5.68. The fraction of sp³-hybridized carbons (Fsp3) is 0.750. The summed E-state index contributed by atoms with van der Waals surface area (Å²) in [5.41, 5.74) is 2.10. The molecule has 1 aromatic rings. The molecule has 0 spiro atoms. The van der Waals surface area contributed by atoms with Gasteiger partial charge in [0.2, 0.25) is 0 Å². The van der Waals surface area contributed by atoms with E-state index in [2.05, 4.69) is 11.9 Å². The molecule has 1 saturated heterocycles. The summed E-state index contributed by atoms with van der Waals surface area (Å²) in [7, 11) is 0. The predicted molar refractivity (Wildman–Crippen MR) is 80.5 cm³/mol. The minimum absolute atomic E-state index is 0.211. The number of fused-ring (bicyclic) bond motifs is 1. The van der Waals surface area contributed by atoms with Gasteiger partial charge in [0, 0.05) is 30.6 Å². The largest absolute Gasteiger partial charge is 0.444 e. The molecule has 1 aliphatic heterocycles. The van der Waals surface area contributed by atoms with Gasteiger partial charge in [-0.2, -0.15) is 0 Å². The molecule has 2 unspecified atom stereocenters. The molecule has 1 N–H and O–H groups in total. The number of hydrogen-bond acceptors (Lipinski definition) is 3. The van der Waals surface area contributed by atoms with E-state index in [1.165, 1.54) is 17.8 Å². The van der Waals surface area contributed by atoms with Crippen molar-refractivity contribution in [2.24, 2.45) is 0 Å². The highest BCUT2D eigenvalue weighted by atomic mass is 16.6. The molecule has 0 radical (unpaired) electrons. The van der Waals surface area contributed by atoms with Crippen molar-refractivity contribution in [3.05, 3.63) is 17.2 Å². The van der Waals surface area contributed by atoms with Crippen LogP contribution in [0.4, 0.5) is 4.79 Å². The fourth-order valence-corrected chi connectivity index (χ4v) is 3.21. The molecule has 0 aromatic carbocycles. The highest BCUT2D eigenvalue weighted by Crippen LogP contribution is 2.34. The van der Waals surface area contributed by atoms with E-state index >= 15 is 0 Å². The molecule has 2 aliphatic rings. The zero-order valence-electron chi connectivity index (χ0n) is 13.4. The van der Waals surface area contributed by atoms with Crippen LogP contribution in [0.3, 0.4) is 0 Å². The van der Waals surface area contributed by atoms with Gasteiger partial charge in [0.15, 0.2) is 0 Å². The third kappa shape index (κ3) is 2.92. The lowest BCUT2D eigenvalue weighted by atomic mass is 10.1. The molecular weight excluding hydrogens is 266 g/mol. The van der Waals surface area contributed by atoms with Crippen molar-refractivity contribution in [3.8, 4) is 0 Å². The Morgan fingerprint density at radius 1 is 1.38 bits per heavy atom. The molecule has 1 amide bonds. The lowest BCUT2D eigenvalue weighted by molar-refractivity contribution is 0.0292. The molecule has 116 valence electrons. The van der Waals surface area contributed by atoms with Crippen molar-refractivity contribution in [1.29, 1.82) is 0 Å². The average Bonchev–Trinajstić information content (AvgIpc) is 3.04. The number of carbonyl (C=O) groups is 1. The van der Waals surface area contributed by atoms with Crippen LogP contribution >= 0.6 is 0 Å². The lowest BCUT2D eigenvalue weighted by Crippen LogP contribution is -2.35. The number of carbonyl (C=O) groups excluding carboxylic acids is 1. The van der Waals surface area contributed by atoms with Gasteiger partial charge in [0.25, 0.3) is 0 Å². The second-order valence-electron chi connectivity index (χ2n) is 7.34. The first kappa shape index (κ1) is 14.4. The average molecular weight is 291 g/mol. The summed E-state index contributed by atoms with van der Waals surface area (Å²) in [5.74, 6) is 1.93. The zero-order valence-corrected chi connectivity index (χ0v) is 13.4. The number of nitrogens with one attached hydrogen (secondary N) is 1. The number of rotatable bonds is 1. The monoisotopic (exact) mass is 291 g/mol. The maximum Gasteiger partial charge on any atom is 0.410 e. The molecule has 1 aliphatic carbocycles. The van der Waals surface area contributed by atoms with Gasteiger partial charge in [-0.05, 0) is 40.0 Å². The van der Waals surface area contributed by atoms with E-state index in [1.807, 2.05) is 20.8 Å². The number of aromatic nitrogens is 2. The number of amides is 1. The van der Waals surface area contributed by atoms with Gasteiger partial charge in [-0.25, -0.2) is 9.78 Å². The summed E-state index contributed by atoms with van der Waals surface area (Å²) in [5, 5.41) is 0. The first-order chi connectivity index (χ1) is 9.83. The standard InChI is InChI=1S/C16H25N3O2/c1-10-5-6-12-13(10)18-14(17-12)11-7-8-19(9-11)15(20)21-16(2,3)4/h10-11H,5-9H2,1-4H3,(H,17,18). The minimum atomic E-state index is -0.434. The summed E-state index contributed by atoms with van der Waals surface area (Å²) < 4.78 is 5.44. The summed E-state index contributed by atoms with van der Waals surface area (Å²) in [4.78, 5) is 22.2. The lowest BCUT2D eigenvalue weighted by Gasteiger charge is -2.24. The van der Waals surface area contributed by atoms with E-state index in [4.69, 9.17) is 9.72 Å². The first-order valence-electron chi connectivity index (χ1n) is 7.90. The number of hydrogen-bond donors (Lipinski definition) is 1. The topological polar surface area (TPSA) is 58.2 Å². The third-order valence-electron chi connectivity index (χ3n) is 4.35. The first-order valence-corrected chi connectivity index (χ1v) is 7.90. The van der Waals surface area contributed by atoms with E-state index in [1.54, 1.807) is 4.90 Å². The Hall–Kier alpha value is -1.52. The van der Waals surface area contributed by atoms with Crippen molar-refractivity contribution in [3.63, 3.8) is 0 Å². The molecule has 1 fully saturated rings. The zero-order chi connectivity index (χ0) is 15.2. The van der Waals surface area contributed by atoms with Gasteiger partial charge in [-0.15, -0.1) is 0 Å². The molecule has 5 nitrogen and oxygen atoms in total. The molecule has 2 heterocycles. The van der Waals surface area contributed by atoms with E-state index in [-0.39, 0.29) is 6.09 Å². The second kappa shape index (κ2) is 5.04. The van der Waals surface area contributed by atoms with Gasteiger partial charge in [-0.3, -0.25) is 0 Å². The number of aromatic amines is 1. The molecule has 0 saturated carbocycles. The Labute approximate surface area is 126 Å². The Kier molecular flexibility index (Phi) is 3.46. The predicted octanol–water partition coefficient (Wildman–Crippen LogP) is 3.18. The number of ether oxygens (including phenoxy) is 1. The van der Waals surface area contributed by atoms with Crippen LogP contribution in [0, 0.1) is 0 Å². The number of aryl methyl sites for hydroxylation is 1. The number of likely N-dealkylation sites (tertiary alicyclic amines) is 1. The molecule has 0 bridgehead atoms. The molecule has 3 rings (SSSR count). The van der Waals surface area contributed by atoms with Gasteiger partial charge < -0.3 is 14.6 Å². The third-order valence-corrected chi connectivity index (χ3v) is 4.35. The van der Waals surface area contributed by atoms with Gasteiger partial charge in [0.1, 0.15) is 11.4 Å². The van der Waals surface area contributed by atoms with Crippen LogP contribution in [-0.4, -0.2) is 39.7 Å². The summed E-state index contributed by atoms with van der Waals surface area (Å²) in [6, 6.07) is 0. The minimum Gasteiger partial charge on any atom is -0.444 e. The fourth-order valence-electron chi connectivity index (χ4n) is 3.21. The molecular formula is C16H25N3O2. The van der Waals surface area contributed by atoms with Gasteiger partial charge >= 0.3 is 6.09 Å². The maximum atomic E-state index is 12.1. The smallest absolute Gasteiger partial charge is 0.410 e. The van der Waals surface area contributed by atoms with Crippen LogP contribution in [0.15, 0.2) is 0 Å². The van der Waals surface area contributed by atoms with E-state index in [0.717, 1.165) is 25.2 Å². The molecule has 5 heteroatoms. The van der Waals surface area contributed by atoms with E-state index in [9.17, 15) is 4.79 Å².